The van der Waals surface area contributed by atoms with Gasteiger partial charge >= 0.3 is 5.97 Å². The van der Waals surface area contributed by atoms with Crippen LogP contribution in [0.4, 0.5) is 0 Å². The lowest BCUT2D eigenvalue weighted by molar-refractivity contribution is -0.149. The van der Waals surface area contributed by atoms with E-state index < -0.39 is 0 Å². The first kappa shape index (κ1) is 15.0. The highest BCUT2D eigenvalue weighted by Gasteiger charge is 2.29. The van der Waals surface area contributed by atoms with Crippen molar-refractivity contribution in [2.24, 2.45) is 11.8 Å². The molecule has 0 bridgehead atoms. The summed E-state index contributed by atoms with van der Waals surface area (Å²) in [6.45, 7) is 3.81. The van der Waals surface area contributed by atoms with Gasteiger partial charge in [0.05, 0.1) is 13.0 Å². The van der Waals surface area contributed by atoms with Crippen LogP contribution in [0.15, 0.2) is 0 Å². The number of methoxy groups -OCH3 is 2. The standard InChI is InChI=1S/C13H23NO4/c1-10(9-17-2)7-12(15)14-6-4-5-11(8-14)13(16)18-3/h10-11H,4-9H2,1-3H3. The summed E-state index contributed by atoms with van der Waals surface area (Å²) in [6, 6.07) is 0. The highest BCUT2D eigenvalue weighted by Crippen LogP contribution is 2.19. The average Bonchev–Trinajstić information content (AvgIpc) is 2.38. The molecule has 1 aliphatic heterocycles. The molecular weight excluding hydrogens is 234 g/mol. The zero-order chi connectivity index (χ0) is 13.5. The molecule has 0 saturated carbocycles. The van der Waals surface area contributed by atoms with Crippen LogP contribution >= 0.6 is 0 Å². The van der Waals surface area contributed by atoms with Gasteiger partial charge < -0.3 is 14.4 Å². The Hall–Kier alpha value is -1.10. The predicted molar refractivity (Wildman–Crippen MR) is 67.0 cm³/mol. The molecule has 1 aliphatic rings. The molecule has 0 radical (unpaired) electrons. The van der Waals surface area contributed by atoms with Crippen LogP contribution in [0.1, 0.15) is 26.2 Å². The van der Waals surface area contributed by atoms with E-state index in [0.29, 0.717) is 19.6 Å². The zero-order valence-electron chi connectivity index (χ0n) is 11.5. The number of esters is 1. The van der Waals surface area contributed by atoms with Gasteiger partial charge in [0.1, 0.15) is 0 Å². The highest BCUT2D eigenvalue weighted by atomic mass is 16.5. The van der Waals surface area contributed by atoms with Gasteiger partial charge in [-0.2, -0.15) is 0 Å². The number of rotatable bonds is 5. The Kier molecular flexibility index (Phi) is 6.12. The fourth-order valence-electron chi connectivity index (χ4n) is 2.33. The van der Waals surface area contributed by atoms with Crippen molar-refractivity contribution in [2.75, 3.05) is 33.9 Å². The molecule has 1 amide bonds. The van der Waals surface area contributed by atoms with Gasteiger partial charge in [-0.15, -0.1) is 0 Å². The van der Waals surface area contributed by atoms with Gasteiger partial charge in [-0.25, -0.2) is 0 Å². The Morgan fingerprint density at radius 2 is 2.11 bits per heavy atom. The summed E-state index contributed by atoms with van der Waals surface area (Å²) < 4.78 is 9.76. The largest absolute Gasteiger partial charge is 0.469 e. The molecule has 5 heteroatoms. The number of ether oxygens (including phenoxy) is 2. The fourth-order valence-corrected chi connectivity index (χ4v) is 2.33. The molecule has 2 atom stereocenters. The Morgan fingerprint density at radius 1 is 1.39 bits per heavy atom. The van der Waals surface area contributed by atoms with Crippen LogP contribution in [0.3, 0.4) is 0 Å². The van der Waals surface area contributed by atoms with E-state index in [1.165, 1.54) is 7.11 Å². The molecule has 0 spiro atoms. The third kappa shape index (κ3) is 4.29. The number of likely N-dealkylation sites (tertiary alicyclic amines) is 1. The average molecular weight is 257 g/mol. The number of carbonyl (C=O) groups is 2. The molecule has 0 aliphatic carbocycles. The van der Waals surface area contributed by atoms with Gasteiger partial charge in [-0.1, -0.05) is 6.92 Å². The topological polar surface area (TPSA) is 55.8 Å². The fraction of sp³-hybridized carbons (Fsp3) is 0.846. The van der Waals surface area contributed by atoms with Crippen LogP contribution in [0.25, 0.3) is 0 Å². The van der Waals surface area contributed by atoms with E-state index in [-0.39, 0.29) is 23.7 Å². The number of amides is 1. The lowest BCUT2D eigenvalue weighted by Crippen LogP contribution is -2.43. The smallest absolute Gasteiger partial charge is 0.310 e. The third-order valence-electron chi connectivity index (χ3n) is 3.28. The van der Waals surface area contributed by atoms with E-state index in [1.807, 2.05) is 6.92 Å². The minimum absolute atomic E-state index is 0.105. The first-order valence-corrected chi connectivity index (χ1v) is 6.43. The third-order valence-corrected chi connectivity index (χ3v) is 3.28. The molecule has 0 aromatic carbocycles. The van der Waals surface area contributed by atoms with Crippen molar-refractivity contribution in [1.29, 1.82) is 0 Å². The van der Waals surface area contributed by atoms with Gasteiger partial charge in [-0.3, -0.25) is 9.59 Å². The number of piperidine rings is 1. The summed E-state index contributed by atoms with van der Waals surface area (Å²) in [5.74, 6) is -0.0583. The molecular formula is C13H23NO4. The normalized spacial score (nSPS) is 21.5. The Labute approximate surface area is 108 Å². The van der Waals surface area contributed by atoms with E-state index in [9.17, 15) is 9.59 Å². The van der Waals surface area contributed by atoms with E-state index in [4.69, 9.17) is 9.47 Å². The highest BCUT2D eigenvalue weighted by molar-refractivity contribution is 5.78. The summed E-state index contributed by atoms with van der Waals surface area (Å²) in [5, 5.41) is 0. The van der Waals surface area contributed by atoms with Crippen molar-refractivity contribution in [3.8, 4) is 0 Å². The molecule has 1 fully saturated rings. The first-order chi connectivity index (χ1) is 8.58. The summed E-state index contributed by atoms with van der Waals surface area (Å²) in [5.41, 5.74) is 0. The molecule has 0 N–H and O–H groups in total. The Bertz CT molecular complexity index is 293. The summed E-state index contributed by atoms with van der Waals surface area (Å²) in [6.07, 6.45) is 2.15. The van der Waals surface area contributed by atoms with Crippen LogP contribution in [-0.2, 0) is 19.1 Å². The SMILES string of the molecule is COCC(C)CC(=O)N1CCCC(C(=O)OC)C1. The van der Waals surface area contributed by atoms with Gasteiger partial charge in [0.15, 0.2) is 0 Å². The molecule has 0 aromatic heterocycles. The number of hydrogen-bond acceptors (Lipinski definition) is 4. The summed E-state index contributed by atoms with van der Waals surface area (Å²) in [7, 11) is 3.03. The monoisotopic (exact) mass is 257 g/mol. The number of nitrogens with zero attached hydrogens (tertiary/aromatic N) is 1. The van der Waals surface area contributed by atoms with Gasteiger partial charge in [0.2, 0.25) is 5.91 Å². The molecule has 18 heavy (non-hydrogen) atoms. The van der Waals surface area contributed by atoms with Crippen LogP contribution in [-0.4, -0.2) is 50.7 Å². The van der Waals surface area contributed by atoms with E-state index in [1.54, 1.807) is 12.0 Å². The second kappa shape index (κ2) is 7.36. The molecule has 0 aromatic rings. The second-order valence-electron chi connectivity index (χ2n) is 4.97. The lowest BCUT2D eigenvalue weighted by Gasteiger charge is -2.32. The maximum Gasteiger partial charge on any atom is 0.310 e. The lowest BCUT2D eigenvalue weighted by atomic mass is 9.97. The van der Waals surface area contributed by atoms with Crippen molar-refractivity contribution in [2.45, 2.75) is 26.2 Å². The number of carbonyl (C=O) groups excluding carboxylic acids is 2. The van der Waals surface area contributed by atoms with Gasteiger partial charge in [-0.05, 0) is 18.8 Å². The van der Waals surface area contributed by atoms with Crippen molar-refractivity contribution in [1.82, 2.24) is 4.90 Å². The molecule has 2 unspecified atom stereocenters. The molecule has 5 nitrogen and oxygen atoms in total. The summed E-state index contributed by atoms with van der Waals surface area (Å²) in [4.78, 5) is 25.3. The van der Waals surface area contributed by atoms with Crippen molar-refractivity contribution >= 4 is 11.9 Å². The summed E-state index contributed by atoms with van der Waals surface area (Å²) >= 11 is 0. The van der Waals surface area contributed by atoms with Crippen LogP contribution in [0.5, 0.6) is 0 Å². The molecule has 1 saturated heterocycles. The first-order valence-electron chi connectivity index (χ1n) is 6.43. The minimum Gasteiger partial charge on any atom is -0.469 e. The maximum absolute atomic E-state index is 12.1. The van der Waals surface area contributed by atoms with Crippen LogP contribution in [0, 0.1) is 11.8 Å². The Morgan fingerprint density at radius 3 is 2.72 bits per heavy atom. The zero-order valence-corrected chi connectivity index (χ0v) is 11.5. The van der Waals surface area contributed by atoms with Crippen molar-refractivity contribution in [3.63, 3.8) is 0 Å². The van der Waals surface area contributed by atoms with E-state index >= 15 is 0 Å². The van der Waals surface area contributed by atoms with E-state index in [2.05, 4.69) is 0 Å². The maximum atomic E-state index is 12.1. The van der Waals surface area contributed by atoms with Gasteiger partial charge in [0, 0.05) is 33.2 Å². The van der Waals surface area contributed by atoms with Crippen molar-refractivity contribution in [3.05, 3.63) is 0 Å². The van der Waals surface area contributed by atoms with Crippen LogP contribution in [0.2, 0.25) is 0 Å². The molecule has 1 rings (SSSR count). The van der Waals surface area contributed by atoms with Crippen molar-refractivity contribution < 1.29 is 19.1 Å². The Balaban J connectivity index is 2.45. The van der Waals surface area contributed by atoms with Gasteiger partial charge in [0.25, 0.3) is 0 Å². The predicted octanol–water partition coefficient (Wildman–Crippen LogP) is 1.07. The van der Waals surface area contributed by atoms with E-state index in [0.717, 1.165) is 19.4 Å². The molecule has 104 valence electrons. The van der Waals surface area contributed by atoms with Crippen LogP contribution < -0.4 is 0 Å². The second-order valence-corrected chi connectivity index (χ2v) is 4.97. The quantitative estimate of drug-likeness (QED) is 0.691. The minimum atomic E-state index is -0.211. The number of hydrogen-bond donors (Lipinski definition) is 0. The molecule has 1 heterocycles.